The van der Waals surface area contributed by atoms with Gasteiger partial charge < -0.3 is 14.7 Å². The quantitative estimate of drug-likeness (QED) is 0.677. The average Bonchev–Trinajstić information content (AvgIpc) is 3.29. The molecule has 176 valence electrons. The van der Waals surface area contributed by atoms with Gasteiger partial charge in [0.1, 0.15) is 5.82 Å². The Bertz CT molecular complexity index is 1040. The van der Waals surface area contributed by atoms with Gasteiger partial charge in [-0.25, -0.2) is 9.97 Å². The van der Waals surface area contributed by atoms with Crippen LogP contribution in [0.1, 0.15) is 66.9 Å². The van der Waals surface area contributed by atoms with Crippen molar-refractivity contribution in [1.29, 1.82) is 0 Å². The molecule has 1 aromatic carbocycles. The van der Waals surface area contributed by atoms with E-state index in [-0.39, 0.29) is 17.9 Å². The molecule has 2 aliphatic rings. The molecule has 33 heavy (non-hydrogen) atoms. The van der Waals surface area contributed by atoms with Crippen LogP contribution < -0.4 is 4.90 Å². The highest BCUT2D eigenvalue weighted by atomic mass is 16.2. The van der Waals surface area contributed by atoms with Gasteiger partial charge in [0.25, 0.3) is 0 Å². The summed E-state index contributed by atoms with van der Waals surface area (Å²) in [6, 6.07) is 8.34. The summed E-state index contributed by atoms with van der Waals surface area (Å²) in [5.41, 5.74) is 4.73. The number of likely N-dealkylation sites (tertiary alicyclic amines) is 1. The first kappa shape index (κ1) is 23.2. The van der Waals surface area contributed by atoms with Crippen LogP contribution in [-0.4, -0.2) is 59.3 Å². The minimum absolute atomic E-state index is 0.00992. The normalized spacial score (nSPS) is 17.6. The number of nitrogens with zero attached hydrogens (tertiary/aromatic N) is 5. The number of hydrogen-bond acceptors (Lipinski definition) is 5. The summed E-state index contributed by atoms with van der Waals surface area (Å²) in [6.45, 7) is 2.70. The summed E-state index contributed by atoms with van der Waals surface area (Å²) in [4.78, 5) is 40.2. The molecular formula is C26H35N5O2. The van der Waals surface area contributed by atoms with Crippen molar-refractivity contribution in [2.75, 3.05) is 32.6 Å². The second kappa shape index (κ2) is 9.89. The van der Waals surface area contributed by atoms with E-state index in [4.69, 9.17) is 9.97 Å². The molecule has 1 aromatic heterocycles. The van der Waals surface area contributed by atoms with Crippen LogP contribution in [0, 0.1) is 0 Å². The Kier molecular flexibility index (Phi) is 6.96. The average molecular weight is 450 g/mol. The van der Waals surface area contributed by atoms with Crippen LogP contribution in [0.15, 0.2) is 24.3 Å². The highest BCUT2D eigenvalue weighted by molar-refractivity contribution is 5.79. The van der Waals surface area contributed by atoms with Crippen LogP contribution in [0.25, 0.3) is 0 Å². The van der Waals surface area contributed by atoms with Gasteiger partial charge in [-0.3, -0.25) is 9.59 Å². The molecule has 1 aliphatic carbocycles. The molecule has 0 radical (unpaired) electrons. The van der Waals surface area contributed by atoms with Gasteiger partial charge in [0.2, 0.25) is 11.8 Å². The van der Waals surface area contributed by atoms with E-state index in [1.807, 2.05) is 30.0 Å². The maximum Gasteiger partial charge on any atom is 0.227 e. The van der Waals surface area contributed by atoms with Crippen LogP contribution in [0.4, 0.5) is 5.82 Å². The lowest BCUT2D eigenvalue weighted by Gasteiger charge is -2.26. The van der Waals surface area contributed by atoms with E-state index in [0.29, 0.717) is 18.8 Å². The van der Waals surface area contributed by atoms with Gasteiger partial charge in [0, 0.05) is 40.7 Å². The van der Waals surface area contributed by atoms with Gasteiger partial charge in [-0.2, -0.15) is 0 Å². The van der Waals surface area contributed by atoms with E-state index in [2.05, 4.69) is 18.2 Å². The zero-order chi connectivity index (χ0) is 23.5. The number of amides is 2. The molecule has 4 rings (SSSR count). The molecule has 0 N–H and O–H groups in total. The predicted octanol–water partition coefficient (Wildman–Crippen LogP) is 3.31. The summed E-state index contributed by atoms with van der Waals surface area (Å²) in [5.74, 6) is 1.59. The van der Waals surface area contributed by atoms with Crippen LogP contribution in [0.3, 0.4) is 0 Å². The van der Waals surface area contributed by atoms with Crippen LogP contribution in [0.2, 0.25) is 0 Å². The second-order valence-corrected chi connectivity index (χ2v) is 9.58. The van der Waals surface area contributed by atoms with Crippen molar-refractivity contribution in [3.63, 3.8) is 0 Å². The lowest BCUT2D eigenvalue weighted by Crippen LogP contribution is -2.33. The third kappa shape index (κ3) is 5.34. The van der Waals surface area contributed by atoms with Crippen molar-refractivity contribution in [2.45, 2.75) is 64.5 Å². The van der Waals surface area contributed by atoms with E-state index in [9.17, 15) is 9.59 Å². The topological polar surface area (TPSA) is 69.6 Å². The number of aryl methyl sites for hydroxylation is 2. The third-order valence-corrected chi connectivity index (χ3v) is 6.82. The summed E-state index contributed by atoms with van der Waals surface area (Å²) in [5, 5.41) is 0. The molecule has 1 atom stereocenters. The smallest absolute Gasteiger partial charge is 0.227 e. The summed E-state index contributed by atoms with van der Waals surface area (Å²) in [7, 11) is 5.65. The molecule has 0 bridgehead atoms. The fourth-order valence-electron chi connectivity index (χ4n) is 4.82. The van der Waals surface area contributed by atoms with Crippen LogP contribution in [0.5, 0.6) is 0 Å². The fraction of sp³-hybridized carbons (Fsp3) is 0.538. The van der Waals surface area contributed by atoms with E-state index >= 15 is 0 Å². The predicted molar refractivity (Wildman–Crippen MR) is 129 cm³/mol. The van der Waals surface area contributed by atoms with Crippen molar-refractivity contribution >= 4 is 17.6 Å². The molecule has 2 heterocycles. The maximum absolute atomic E-state index is 13.3. The van der Waals surface area contributed by atoms with Crippen molar-refractivity contribution in [1.82, 2.24) is 19.8 Å². The molecule has 7 heteroatoms. The molecular weight excluding hydrogens is 414 g/mol. The maximum atomic E-state index is 13.3. The Morgan fingerprint density at radius 2 is 1.79 bits per heavy atom. The summed E-state index contributed by atoms with van der Waals surface area (Å²) < 4.78 is 0. The van der Waals surface area contributed by atoms with Crippen molar-refractivity contribution < 1.29 is 9.59 Å². The fourth-order valence-corrected chi connectivity index (χ4v) is 4.82. The van der Waals surface area contributed by atoms with Gasteiger partial charge in [0.15, 0.2) is 5.82 Å². The van der Waals surface area contributed by atoms with Gasteiger partial charge in [0.05, 0.1) is 24.7 Å². The minimum atomic E-state index is -0.128. The first-order valence-electron chi connectivity index (χ1n) is 12.0. The number of hydrogen-bond donors (Lipinski definition) is 0. The Labute approximate surface area is 196 Å². The molecule has 0 saturated carbocycles. The Morgan fingerprint density at radius 1 is 1.03 bits per heavy atom. The number of carbonyl (C=O) groups is 2. The molecule has 1 saturated heterocycles. The van der Waals surface area contributed by atoms with E-state index in [1.165, 1.54) is 24.0 Å². The molecule has 0 unspecified atom stereocenters. The standard InChI is InChI=1S/C26H35N5O2/c1-18(32)30(4)17-22-16-24(29(2)3)28-26(27-22)23-10-7-13-31(23)25(33)15-19-11-12-20-8-5-6-9-21(20)14-19/h11-12,14,16,23H,5-10,13,15,17H2,1-4H3/t23-/m1/s1. The number of fused-ring (bicyclic) bond motifs is 1. The Balaban J connectivity index is 1.55. The molecule has 1 fully saturated rings. The van der Waals surface area contributed by atoms with E-state index in [0.717, 1.165) is 49.3 Å². The number of aromatic nitrogens is 2. The monoisotopic (exact) mass is 449 g/mol. The molecule has 2 amide bonds. The summed E-state index contributed by atoms with van der Waals surface area (Å²) in [6.07, 6.45) is 6.98. The van der Waals surface area contributed by atoms with Gasteiger partial charge in [-0.15, -0.1) is 0 Å². The van der Waals surface area contributed by atoms with Crippen molar-refractivity contribution in [3.05, 3.63) is 52.5 Å². The van der Waals surface area contributed by atoms with Gasteiger partial charge in [-0.05, 0) is 55.2 Å². The van der Waals surface area contributed by atoms with Crippen LogP contribution in [-0.2, 0) is 35.4 Å². The third-order valence-electron chi connectivity index (χ3n) is 6.82. The van der Waals surface area contributed by atoms with E-state index < -0.39 is 0 Å². The molecule has 1 aliphatic heterocycles. The Morgan fingerprint density at radius 3 is 2.52 bits per heavy atom. The first-order chi connectivity index (χ1) is 15.8. The SMILES string of the molecule is CC(=O)N(C)Cc1cc(N(C)C)nc([C@H]2CCCN2C(=O)Cc2ccc3c(c2)CCCC3)n1. The van der Waals surface area contributed by atoms with Gasteiger partial charge in [-0.1, -0.05) is 18.2 Å². The van der Waals surface area contributed by atoms with Crippen LogP contribution >= 0.6 is 0 Å². The minimum Gasteiger partial charge on any atom is -0.363 e. The molecule has 0 spiro atoms. The number of benzene rings is 1. The second-order valence-electron chi connectivity index (χ2n) is 9.58. The zero-order valence-corrected chi connectivity index (χ0v) is 20.3. The lowest BCUT2D eigenvalue weighted by molar-refractivity contribution is -0.131. The van der Waals surface area contributed by atoms with Crippen molar-refractivity contribution in [2.24, 2.45) is 0 Å². The highest BCUT2D eigenvalue weighted by Gasteiger charge is 2.32. The first-order valence-corrected chi connectivity index (χ1v) is 12.0. The van der Waals surface area contributed by atoms with Crippen molar-refractivity contribution in [3.8, 4) is 0 Å². The summed E-state index contributed by atoms with van der Waals surface area (Å²) >= 11 is 0. The Hall–Kier alpha value is -2.96. The van der Waals surface area contributed by atoms with Gasteiger partial charge >= 0.3 is 0 Å². The number of rotatable bonds is 6. The molecule has 7 nitrogen and oxygen atoms in total. The number of carbonyl (C=O) groups excluding carboxylic acids is 2. The largest absolute Gasteiger partial charge is 0.363 e. The van der Waals surface area contributed by atoms with E-state index in [1.54, 1.807) is 18.9 Å². The number of anilines is 1. The lowest BCUT2D eigenvalue weighted by atomic mass is 9.90. The highest BCUT2D eigenvalue weighted by Crippen LogP contribution is 2.32. The zero-order valence-electron chi connectivity index (χ0n) is 20.3. The molecule has 2 aromatic rings.